The summed E-state index contributed by atoms with van der Waals surface area (Å²) in [6.45, 7) is 0. The number of hydrogen-bond acceptors (Lipinski definition) is 7. The number of aromatic nitrogens is 2. The van der Waals surface area contributed by atoms with E-state index in [0.717, 1.165) is 41.5 Å². The van der Waals surface area contributed by atoms with Crippen LogP contribution in [0.3, 0.4) is 0 Å². The van der Waals surface area contributed by atoms with Crippen molar-refractivity contribution in [3.8, 4) is 11.5 Å². The lowest BCUT2D eigenvalue weighted by Gasteiger charge is -2.10. The number of hydrogen-bond donors (Lipinski definition) is 2. The van der Waals surface area contributed by atoms with E-state index in [2.05, 4.69) is 15.3 Å². The van der Waals surface area contributed by atoms with E-state index in [9.17, 15) is 9.59 Å². The zero-order valence-corrected chi connectivity index (χ0v) is 17.8. The van der Waals surface area contributed by atoms with Gasteiger partial charge in [-0.05, 0) is 43.4 Å². The molecule has 0 radical (unpaired) electrons. The van der Waals surface area contributed by atoms with Crippen molar-refractivity contribution in [3.05, 3.63) is 39.0 Å². The topological polar surface area (TPSA) is 93.3 Å². The number of aromatic amines is 1. The largest absolute Gasteiger partial charge is 0.493 e. The van der Waals surface area contributed by atoms with E-state index in [4.69, 9.17) is 9.47 Å². The van der Waals surface area contributed by atoms with Gasteiger partial charge >= 0.3 is 0 Å². The van der Waals surface area contributed by atoms with Crippen molar-refractivity contribution in [2.75, 3.05) is 25.3 Å². The molecule has 2 heterocycles. The Hall–Kier alpha value is -2.52. The first-order chi connectivity index (χ1) is 14.1. The van der Waals surface area contributed by atoms with Gasteiger partial charge in [0.2, 0.25) is 5.91 Å². The minimum absolute atomic E-state index is 0.114. The molecule has 152 valence electrons. The molecule has 0 unspecified atom stereocenters. The molecule has 0 saturated heterocycles. The SMILES string of the molecule is COc1ccc(NC(=O)CSc2nc3sc4c(c3c(=O)[nH]2)CCCC4)cc1OC. The average Bonchev–Trinajstić information content (AvgIpc) is 3.11. The molecular weight excluding hydrogens is 410 g/mol. The molecule has 0 fully saturated rings. The Labute approximate surface area is 175 Å². The molecule has 1 aliphatic rings. The summed E-state index contributed by atoms with van der Waals surface area (Å²) in [6.07, 6.45) is 4.24. The first kappa shape index (κ1) is 19.8. The second-order valence-corrected chi connectivity index (χ2v) is 8.72. The van der Waals surface area contributed by atoms with E-state index >= 15 is 0 Å². The number of carbonyl (C=O) groups excluding carboxylic acids is 1. The maximum Gasteiger partial charge on any atom is 0.260 e. The molecule has 3 aromatic rings. The number of amides is 1. The Kier molecular flexibility index (Phi) is 5.77. The Morgan fingerprint density at radius 3 is 2.83 bits per heavy atom. The monoisotopic (exact) mass is 431 g/mol. The van der Waals surface area contributed by atoms with Gasteiger partial charge in [-0.25, -0.2) is 4.98 Å². The van der Waals surface area contributed by atoms with Crippen LogP contribution in [0.15, 0.2) is 28.2 Å². The molecule has 0 bridgehead atoms. The van der Waals surface area contributed by atoms with Crippen LogP contribution in [0, 0.1) is 0 Å². The molecule has 0 saturated carbocycles. The number of fused-ring (bicyclic) bond motifs is 3. The summed E-state index contributed by atoms with van der Waals surface area (Å²) in [7, 11) is 3.10. The Bertz CT molecular complexity index is 1120. The summed E-state index contributed by atoms with van der Waals surface area (Å²) in [5.41, 5.74) is 1.65. The molecule has 4 rings (SSSR count). The van der Waals surface area contributed by atoms with E-state index < -0.39 is 0 Å². The van der Waals surface area contributed by atoms with E-state index in [-0.39, 0.29) is 17.2 Å². The Balaban J connectivity index is 1.45. The van der Waals surface area contributed by atoms with Crippen LogP contribution in [0.1, 0.15) is 23.3 Å². The smallest absolute Gasteiger partial charge is 0.260 e. The van der Waals surface area contributed by atoms with Crippen molar-refractivity contribution < 1.29 is 14.3 Å². The quantitative estimate of drug-likeness (QED) is 0.457. The van der Waals surface area contributed by atoms with Crippen LogP contribution >= 0.6 is 23.1 Å². The number of carbonyl (C=O) groups is 1. The van der Waals surface area contributed by atoms with Gasteiger partial charge in [0.05, 0.1) is 25.4 Å². The van der Waals surface area contributed by atoms with Gasteiger partial charge in [-0.3, -0.25) is 9.59 Å². The van der Waals surface area contributed by atoms with Gasteiger partial charge in [-0.15, -0.1) is 11.3 Å². The fourth-order valence-corrected chi connectivity index (χ4v) is 5.44. The van der Waals surface area contributed by atoms with Crippen molar-refractivity contribution in [1.29, 1.82) is 0 Å². The van der Waals surface area contributed by atoms with Gasteiger partial charge in [-0.2, -0.15) is 0 Å². The number of rotatable bonds is 6. The summed E-state index contributed by atoms with van der Waals surface area (Å²) >= 11 is 2.81. The number of nitrogens with one attached hydrogen (secondary N) is 2. The first-order valence-corrected chi connectivity index (χ1v) is 11.1. The van der Waals surface area contributed by atoms with E-state index in [1.165, 1.54) is 16.6 Å². The molecular formula is C20H21N3O4S2. The molecule has 2 N–H and O–H groups in total. The average molecular weight is 432 g/mol. The lowest BCUT2D eigenvalue weighted by Crippen LogP contribution is -2.15. The predicted molar refractivity (Wildman–Crippen MR) is 116 cm³/mol. The first-order valence-electron chi connectivity index (χ1n) is 9.28. The third-order valence-electron chi connectivity index (χ3n) is 4.81. The van der Waals surface area contributed by atoms with Gasteiger partial charge in [0.1, 0.15) is 4.83 Å². The highest BCUT2D eigenvalue weighted by Gasteiger charge is 2.20. The number of thiophene rings is 1. The van der Waals surface area contributed by atoms with Crippen molar-refractivity contribution in [2.45, 2.75) is 30.8 Å². The molecule has 0 spiro atoms. The second-order valence-electron chi connectivity index (χ2n) is 6.67. The van der Waals surface area contributed by atoms with Crippen LogP contribution in [-0.2, 0) is 17.6 Å². The number of aryl methyl sites for hydroxylation is 2. The molecule has 7 nitrogen and oxygen atoms in total. The lowest BCUT2D eigenvalue weighted by molar-refractivity contribution is -0.113. The Morgan fingerprint density at radius 1 is 1.24 bits per heavy atom. The number of nitrogens with zero attached hydrogens (tertiary/aromatic N) is 1. The highest BCUT2D eigenvalue weighted by Crippen LogP contribution is 2.34. The molecule has 2 aromatic heterocycles. The van der Waals surface area contributed by atoms with Crippen LogP contribution in [0.2, 0.25) is 0 Å². The molecule has 0 atom stereocenters. The normalized spacial score (nSPS) is 13.2. The summed E-state index contributed by atoms with van der Waals surface area (Å²) in [6, 6.07) is 5.17. The van der Waals surface area contributed by atoms with E-state index in [0.29, 0.717) is 22.3 Å². The number of H-pyrrole nitrogens is 1. The van der Waals surface area contributed by atoms with Crippen molar-refractivity contribution in [2.24, 2.45) is 0 Å². The van der Waals surface area contributed by atoms with Gasteiger partial charge in [0.15, 0.2) is 16.7 Å². The third-order valence-corrected chi connectivity index (χ3v) is 6.87. The highest BCUT2D eigenvalue weighted by molar-refractivity contribution is 7.99. The van der Waals surface area contributed by atoms with Gasteiger partial charge in [-0.1, -0.05) is 11.8 Å². The number of benzene rings is 1. The fourth-order valence-electron chi connectivity index (χ4n) is 3.46. The summed E-state index contributed by atoms with van der Waals surface area (Å²) in [5.74, 6) is 1.06. The van der Waals surface area contributed by atoms with E-state index in [1.54, 1.807) is 43.8 Å². The minimum Gasteiger partial charge on any atom is -0.493 e. The maximum absolute atomic E-state index is 12.6. The number of anilines is 1. The van der Waals surface area contributed by atoms with Crippen LogP contribution in [-0.4, -0.2) is 35.8 Å². The van der Waals surface area contributed by atoms with Crippen molar-refractivity contribution in [3.63, 3.8) is 0 Å². The standard InChI is InChI=1S/C20H21N3O4S2/c1-26-13-8-7-11(9-14(13)27-2)21-16(24)10-28-20-22-18(25)17-12-5-3-4-6-15(12)29-19(17)23-20/h7-9H,3-6,10H2,1-2H3,(H,21,24)(H,22,23,25). The molecule has 1 amide bonds. The maximum atomic E-state index is 12.6. The highest BCUT2D eigenvalue weighted by atomic mass is 32.2. The van der Waals surface area contributed by atoms with Gasteiger partial charge < -0.3 is 19.8 Å². The Morgan fingerprint density at radius 2 is 2.03 bits per heavy atom. The molecule has 1 aliphatic carbocycles. The second kappa shape index (κ2) is 8.46. The van der Waals surface area contributed by atoms with Crippen LogP contribution in [0.5, 0.6) is 11.5 Å². The van der Waals surface area contributed by atoms with E-state index in [1.807, 2.05) is 0 Å². The molecule has 1 aromatic carbocycles. The number of methoxy groups -OCH3 is 2. The van der Waals surface area contributed by atoms with Crippen LogP contribution in [0.25, 0.3) is 10.2 Å². The number of ether oxygens (including phenoxy) is 2. The predicted octanol–water partition coefficient (Wildman–Crippen LogP) is 3.61. The molecule has 0 aliphatic heterocycles. The fraction of sp³-hybridized carbons (Fsp3) is 0.350. The van der Waals surface area contributed by atoms with Gasteiger partial charge in [0, 0.05) is 16.6 Å². The van der Waals surface area contributed by atoms with Crippen molar-refractivity contribution in [1.82, 2.24) is 9.97 Å². The van der Waals surface area contributed by atoms with Gasteiger partial charge in [0.25, 0.3) is 5.56 Å². The lowest BCUT2D eigenvalue weighted by atomic mass is 9.97. The summed E-state index contributed by atoms with van der Waals surface area (Å²) in [4.78, 5) is 34.3. The minimum atomic E-state index is -0.199. The third kappa shape index (κ3) is 4.11. The van der Waals surface area contributed by atoms with Crippen LogP contribution in [0.4, 0.5) is 5.69 Å². The summed E-state index contributed by atoms with van der Waals surface area (Å²) in [5, 5.41) is 4.00. The van der Waals surface area contributed by atoms with Crippen molar-refractivity contribution >= 4 is 44.9 Å². The zero-order valence-electron chi connectivity index (χ0n) is 16.2. The molecule has 29 heavy (non-hydrogen) atoms. The number of thioether (sulfide) groups is 1. The molecule has 9 heteroatoms. The zero-order chi connectivity index (χ0) is 20.4. The van der Waals surface area contributed by atoms with Crippen LogP contribution < -0.4 is 20.3 Å². The summed E-state index contributed by atoms with van der Waals surface area (Å²) < 4.78 is 10.4.